The fraction of sp³-hybridized carbons (Fsp3) is 0.227. The van der Waals surface area contributed by atoms with Crippen LogP contribution in [0.3, 0.4) is 0 Å². The first-order valence-corrected chi connectivity index (χ1v) is 10.2. The number of rotatable bonds is 6. The molecule has 0 bridgehead atoms. The summed E-state index contributed by atoms with van der Waals surface area (Å²) in [5, 5.41) is 4.95. The van der Waals surface area contributed by atoms with Gasteiger partial charge in [-0.15, -0.1) is 0 Å². The van der Waals surface area contributed by atoms with Crippen molar-refractivity contribution in [3.05, 3.63) is 71.5 Å². The molecule has 0 radical (unpaired) electrons. The van der Waals surface area contributed by atoms with E-state index in [0.29, 0.717) is 23.8 Å². The topological polar surface area (TPSA) is 60.2 Å². The molecule has 0 aliphatic rings. The highest BCUT2D eigenvalue weighted by atomic mass is 32.1. The number of methoxy groups -OCH3 is 1. The Morgan fingerprint density at radius 3 is 2.69 bits per heavy atom. The molecular weight excluding hydrogens is 384 g/mol. The first-order chi connectivity index (χ1) is 14.0. The summed E-state index contributed by atoms with van der Waals surface area (Å²) in [7, 11) is 1.61. The summed E-state index contributed by atoms with van der Waals surface area (Å²) in [4.78, 5) is 19.9. The first kappa shape index (κ1) is 19.1. The molecule has 0 saturated heterocycles. The van der Waals surface area contributed by atoms with E-state index < -0.39 is 0 Å². The normalized spacial score (nSPS) is 11.0. The molecule has 4 aromatic rings. The highest BCUT2D eigenvalue weighted by molar-refractivity contribution is 7.22. The summed E-state index contributed by atoms with van der Waals surface area (Å²) >= 11 is 1.54. The van der Waals surface area contributed by atoms with Gasteiger partial charge in [0, 0.05) is 24.5 Å². The van der Waals surface area contributed by atoms with E-state index in [0.717, 1.165) is 21.5 Å². The summed E-state index contributed by atoms with van der Waals surface area (Å²) in [6.07, 6.45) is 3.63. The predicted molar refractivity (Wildman–Crippen MR) is 116 cm³/mol. The Kier molecular flexibility index (Phi) is 5.31. The van der Waals surface area contributed by atoms with Crippen LogP contribution < -0.4 is 9.64 Å². The van der Waals surface area contributed by atoms with E-state index >= 15 is 0 Å². The molecule has 0 fully saturated rings. The number of aryl methyl sites for hydroxylation is 2. The number of ether oxygens (including phenoxy) is 1. The van der Waals surface area contributed by atoms with Gasteiger partial charge in [0.2, 0.25) is 0 Å². The number of thiazole rings is 1. The Morgan fingerprint density at radius 2 is 2.00 bits per heavy atom. The maximum atomic E-state index is 13.4. The zero-order chi connectivity index (χ0) is 20.4. The van der Waals surface area contributed by atoms with Gasteiger partial charge in [-0.2, -0.15) is 5.10 Å². The molecule has 2 heterocycles. The van der Waals surface area contributed by atoms with Gasteiger partial charge in [-0.25, -0.2) is 4.98 Å². The summed E-state index contributed by atoms with van der Waals surface area (Å²) in [5.74, 6) is 0.629. The average molecular weight is 407 g/mol. The van der Waals surface area contributed by atoms with Crippen molar-refractivity contribution in [1.29, 1.82) is 0 Å². The van der Waals surface area contributed by atoms with Crippen molar-refractivity contribution < 1.29 is 9.53 Å². The number of carbonyl (C=O) groups is 1. The van der Waals surface area contributed by atoms with Crippen LogP contribution >= 0.6 is 11.3 Å². The lowest BCUT2D eigenvalue weighted by molar-refractivity contribution is 0.0985. The first-order valence-electron chi connectivity index (χ1n) is 9.36. The van der Waals surface area contributed by atoms with Crippen molar-refractivity contribution in [3.8, 4) is 5.75 Å². The van der Waals surface area contributed by atoms with Crippen molar-refractivity contribution in [2.24, 2.45) is 0 Å². The third-order valence-electron chi connectivity index (χ3n) is 4.74. The fourth-order valence-electron chi connectivity index (χ4n) is 3.28. The van der Waals surface area contributed by atoms with E-state index in [4.69, 9.17) is 9.72 Å². The molecule has 29 heavy (non-hydrogen) atoms. The summed E-state index contributed by atoms with van der Waals surface area (Å²) in [6, 6.07) is 13.3. The van der Waals surface area contributed by atoms with Gasteiger partial charge in [0.05, 0.1) is 23.9 Å². The van der Waals surface area contributed by atoms with Gasteiger partial charge in [-0.3, -0.25) is 14.4 Å². The molecule has 4 rings (SSSR count). The molecule has 0 unspecified atom stereocenters. The smallest absolute Gasteiger partial charge is 0.260 e. The number of carbonyl (C=O) groups excluding carboxylic acids is 1. The molecule has 148 valence electrons. The minimum Gasteiger partial charge on any atom is -0.497 e. The van der Waals surface area contributed by atoms with E-state index in [1.54, 1.807) is 53.8 Å². The second-order valence-electron chi connectivity index (χ2n) is 6.88. The molecule has 7 heteroatoms. The summed E-state index contributed by atoms with van der Waals surface area (Å²) in [6.45, 7) is 5.19. The number of amides is 1. The molecule has 2 aromatic carbocycles. The van der Waals surface area contributed by atoms with Crippen molar-refractivity contribution >= 4 is 32.6 Å². The van der Waals surface area contributed by atoms with Crippen LogP contribution in [0.4, 0.5) is 5.13 Å². The SMILES string of the molecule is COc1ccc(C(=O)N(CCn2cccn2)c2nc3c(C)cc(C)cc3s2)cc1. The molecule has 0 spiro atoms. The quantitative estimate of drug-likeness (QED) is 0.474. The van der Waals surface area contributed by atoms with Crippen molar-refractivity contribution in [2.45, 2.75) is 20.4 Å². The van der Waals surface area contributed by atoms with Gasteiger partial charge < -0.3 is 4.74 Å². The number of hydrogen-bond acceptors (Lipinski definition) is 5. The predicted octanol–water partition coefficient (Wildman–Crippen LogP) is 4.47. The highest BCUT2D eigenvalue weighted by Gasteiger charge is 2.22. The molecule has 2 aromatic heterocycles. The van der Waals surface area contributed by atoms with Crippen LogP contribution in [0.2, 0.25) is 0 Å². The van der Waals surface area contributed by atoms with Crippen LogP contribution in [0.1, 0.15) is 21.5 Å². The van der Waals surface area contributed by atoms with Gasteiger partial charge in [-0.05, 0) is 61.4 Å². The standard InChI is InChI=1S/C22H22N4O2S/c1-15-13-16(2)20-19(14-15)29-22(24-20)26(12-11-25-10-4-9-23-25)21(27)17-5-7-18(28-3)8-6-17/h4-10,13-14H,11-12H2,1-3H3. The van der Waals surface area contributed by atoms with Gasteiger partial charge >= 0.3 is 0 Å². The molecule has 0 N–H and O–H groups in total. The molecule has 0 saturated carbocycles. The molecule has 0 aliphatic heterocycles. The minimum absolute atomic E-state index is 0.0896. The van der Waals surface area contributed by atoms with Gasteiger partial charge in [0.25, 0.3) is 5.91 Å². The zero-order valence-electron chi connectivity index (χ0n) is 16.6. The lowest BCUT2D eigenvalue weighted by Crippen LogP contribution is -2.34. The number of anilines is 1. The van der Waals surface area contributed by atoms with E-state index in [9.17, 15) is 4.79 Å². The van der Waals surface area contributed by atoms with Crippen LogP contribution in [0.5, 0.6) is 5.75 Å². The molecular formula is C22H22N4O2S. The number of aromatic nitrogens is 3. The fourth-order valence-corrected chi connectivity index (χ4v) is 4.45. The Bertz CT molecular complexity index is 1130. The molecule has 6 nitrogen and oxygen atoms in total. The van der Waals surface area contributed by atoms with E-state index in [2.05, 4.69) is 31.1 Å². The largest absolute Gasteiger partial charge is 0.497 e. The lowest BCUT2D eigenvalue weighted by Gasteiger charge is -2.20. The number of hydrogen-bond donors (Lipinski definition) is 0. The van der Waals surface area contributed by atoms with Crippen LogP contribution in [0.25, 0.3) is 10.2 Å². The summed E-state index contributed by atoms with van der Waals surface area (Å²) in [5.41, 5.74) is 3.85. The number of nitrogens with zero attached hydrogens (tertiary/aromatic N) is 4. The van der Waals surface area contributed by atoms with Gasteiger partial charge in [-0.1, -0.05) is 17.4 Å². The molecule has 1 amide bonds. The minimum atomic E-state index is -0.0896. The van der Waals surface area contributed by atoms with Crippen LogP contribution in [0.15, 0.2) is 54.9 Å². The van der Waals surface area contributed by atoms with Gasteiger partial charge in [0.15, 0.2) is 5.13 Å². The van der Waals surface area contributed by atoms with Crippen molar-refractivity contribution in [2.75, 3.05) is 18.6 Å². The Labute approximate surface area is 173 Å². The summed E-state index contributed by atoms with van der Waals surface area (Å²) < 4.78 is 8.11. The Balaban J connectivity index is 1.70. The van der Waals surface area contributed by atoms with E-state index in [-0.39, 0.29) is 5.91 Å². The zero-order valence-corrected chi connectivity index (χ0v) is 17.4. The second-order valence-corrected chi connectivity index (χ2v) is 7.89. The van der Waals surface area contributed by atoms with Crippen LogP contribution in [-0.4, -0.2) is 34.3 Å². The van der Waals surface area contributed by atoms with Crippen LogP contribution in [-0.2, 0) is 6.54 Å². The van der Waals surface area contributed by atoms with Gasteiger partial charge in [0.1, 0.15) is 5.75 Å². The second kappa shape index (κ2) is 8.05. The molecule has 0 aliphatic carbocycles. The Morgan fingerprint density at radius 1 is 1.21 bits per heavy atom. The van der Waals surface area contributed by atoms with Crippen molar-refractivity contribution in [3.63, 3.8) is 0 Å². The third kappa shape index (κ3) is 4.00. The van der Waals surface area contributed by atoms with E-state index in [1.807, 2.05) is 16.9 Å². The third-order valence-corrected chi connectivity index (χ3v) is 5.77. The lowest BCUT2D eigenvalue weighted by atomic mass is 10.1. The number of benzene rings is 2. The van der Waals surface area contributed by atoms with Crippen LogP contribution in [0, 0.1) is 13.8 Å². The molecule has 0 atom stereocenters. The van der Waals surface area contributed by atoms with E-state index in [1.165, 1.54) is 5.56 Å². The average Bonchev–Trinajstić information content (AvgIpc) is 3.38. The van der Waals surface area contributed by atoms with Crippen molar-refractivity contribution in [1.82, 2.24) is 14.8 Å². The number of fused-ring (bicyclic) bond motifs is 1. The maximum Gasteiger partial charge on any atom is 0.260 e. The maximum absolute atomic E-state index is 13.4. The Hall–Kier alpha value is -3.19. The monoisotopic (exact) mass is 406 g/mol. The highest BCUT2D eigenvalue weighted by Crippen LogP contribution is 2.32.